The predicted molar refractivity (Wildman–Crippen MR) is 74.5 cm³/mol. The Labute approximate surface area is 108 Å². The van der Waals surface area contributed by atoms with Crippen LogP contribution in [0.15, 0.2) is 33.6 Å². The highest BCUT2D eigenvalue weighted by molar-refractivity contribution is 9.10. The molecule has 0 radical (unpaired) electrons. The molecule has 0 aliphatic heterocycles. The summed E-state index contributed by atoms with van der Waals surface area (Å²) >= 11 is 10.2. The van der Waals surface area contributed by atoms with E-state index in [2.05, 4.69) is 38.7 Å². The van der Waals surface area contributed by atoms with Gasteiger partial charge in [0, 0.05) is 28.7 Å². The van der Waals surface area contributed by atoms with Crippen LogP contribution in [0.1, 0.15) is 0 Å². The lowest BCUT2D eigenvalue weighted by molar-refractivity contribution is 0.943. The molecule has 0 fully saturated rings. The van der Waals surface area contributed by atoms with Crippen molar-refractivity contribution in [3.63, 3.8) is 0 Å². The molecule has 0 saturated carbocycles. The highest BCUT2D eigenvalue weighted by Gasteiger charge is 1.94. The quantitative estimate of drug-likeness (QED) is 0.507. The van der Waals surface area contributed by atoms with Crippen molar-refractivity contribution in [3.05, 3.63) is 28.7 Å². The van der Waals surface area contributed by atoms with E-state index < -0.39 is 0 Å². The van der Waals surface area contributed by atoms with Gasteiger partial charge in [0.05, 0.1) is 0 Å². The standard InChI is InChI=1S/C10H13BrN2S2/c1-12-10(14)13-6-7-15-9-4-2-8(11)3-5-9/h2-5H,6-7H2,1H3,(H2,12,13,14). The van der Waals surface area contributed by atoms with Gasteiger partial charge in [-0.2, -0.15) is 0 Å². The third kappa shape index (κ3) is 5.39. The van der Waals surface area contributed by atoms with Gasteiger partial charge in [-0.1, -0.05) is 15.9 Å². The third-order valence-electron chi connectivity index (χ3n) is 1.70. The minimum absolute atomic E-state index is 0.700. The predicted octanol–water partition coefficient (Wildman–Crippen LogP) is 2.64. The number of hydrogen-bond donors (Lipinski definition) is 2. The summed E-state index contributed by atoms with van der Waals surface area (Å²) in [4.78, 5) is 1.27. The first kappa shape index (κ1) is 12.8. The topological polar surface area (TPSA) is 24.1 Å². The van der Waals surface area contributed by atoms with Crippen molar-refractivity contribution >= 4 is 45.0 Å². The first-order valence-electron chi connectivity index (χ1n) is 4.56. The molecule has 0 aliphatic carbocycles. The highest BCUT2D eigenvalue weighted by Crippen LogP contribution is 2.19. The summed E-state index contributed by atoms with van der Waals surface area (Å²) in [5.41, 5.74) is 0. The van der Waals surface area contributed by atoms with E-state index >= 15 is 0 Å². The zero-order valence-corrected chi connectivity index (χ0v) is 11.6. The van der Waals surface area contributed by atoms with Crippen molar-refractivity contribution in [1.29, 1.82) is 0 Å². The lowest BCUT2D eigenvalue weighted by Crippen LogP contribution is -2.33. The van der Waals surface area contributed by atoms with Crippen molar-refractivity contribution < 1.29 is 0 Å². The van der Waals surface area contributed by atoms with Crippen LogP contribution in [0.4, 0.5) is 0 Å². The molecule has 0 amide bonds. The molecule has 0 atom stereocenters. The summed E-state index contributed by atoms with van der Waals surface area (Å²) in [5.74, 6) is 1.00. The van der Waals surface area contributed by atoms with Crippen LogP contribution < -0.4 is 10.6 Å². The van der Waals surface area contributed by atoms with Crippen LogP contribution in [0.2, 0.25) is 0 Å². The molecule has 2 nitrogen and oxygen atoms in total. The molecule has 0 heterocycles. The Hall–Kier alpha value is -0.260. The number of thioether (sulfide) groups is 1. The van der Waals surface area contributed by atoms with Crippen molar-refractivity contribution in [2.24, 2.45) is 0 Å². The van der Waals surface area contributed by atoms with Crippen LogP contribution in [0.25, 0.3) is 0 Å². The molecular weight excluding hydrogens is 292 g/mol. The fourth-order valence-corrected chi connectivity index (χ4v) is 2.09. The molecule has 1 aromatic rings. The smallest absolute Gasteiger partial charge is 0.166 e. The molecule has 15 heavy (non-hydrogen) atoms. The van der Waals surface area contributed by atoms with E-state index in [9.17, 15) is 0 Å². The molecule has 0 bridgehead atoms. The molecule has 0 saturated heterocycles. The first-order chi connectivity index (χ1) is 7.22. The number of thiocarbonyl (C=S) groups is 1. The van der Waals surface area contributed by atoms with E-state index in [0.717, 1.165) is 16.8 Å². The summed E-state index contributed by atoms with van der Waals surface area (Å²) in [6.07, 6.45) is 0. The Bertz CT molecular complexity index is 314. The lowest BCUT2D eigenvalue weighted by atomic mass is 10.4. The van der Waals surface area contributed by atoms with Crippen molar-refractivity contribution in [1.82, 2.24) is 10.6 Å². The second kappa shape index (κ2) is 7.09. The summed E-state index contributed by atoms with van der Waals surface area (Å²) in [5, 5.41) is 6.68. The van der Waals surface area contributed by atoms with Gasteiger partial charge in [0.2, 0.25) is 0 Å². The molecule has 82 valence electrons. The number of rotatable bonds is 4. The highest BCUT2D eigenvalue weighted by atomic mass is 79.9. The summed E-state index contributed by atoms with van der Waals surface area (Å²) in [7, 11) is 1.82. The molecule has 2 N–H and O–H groups in total. The fraction of sp³-hybridized carbons (Fsp3) is 0.300. The Balaban J connectivity index is 2.20. The number of hydrogen-bond acceptors (Lipinski definition) is 2. The second-order valence-electron chi connectivity index (χ2n) is 2.81. The minimum atomic E-state index is 0.700. The van der Waals surface area contributed by atoms with Gasteiger partial charge in [-0.25, -0.2) is 0 Å². The fourth-order valence-electron chi connectivity index (χ4n) is 0.953. The maximum Gasteiger partial charge on any atom is 0.166 e. The van der Waals surface area contributed by atoms with Crippen LogP contribution in [-0.4, -0.2) is 24.5 Å². The largest absolute Gasteiger partial charge is 0.366 e. The summed E-state index contributed by atoms with van der Waals surface area (Å²) in [6, 6.07) is 8.30. The van der Waals surface area contributed by atoms with E-state index in [0.29, 0.717) is 5.11 Å². The Morgan fingerprint density at radius 3 is 2.67 bits per heavy atom. The van der Waals surface area contributed by atoms with E-state index in [1.807, 2.05) is 30.9 Å². The van der Waals surface area contributed by atoms with Crippen molar-refractivity contribution in [2.75, 3.05) is 19.3 Å². The normalized spacial score (nSPS) is 9.73. The molecule has 0 aromatic heterocycles. The van der Waals surface area contributed by atoms with Gasteiger partial charge in [-0.3, -0.25) is 0 Å². The van der Waals surface area contributed by atoms with Crippen molar-refractivity contribution in [2.45, 2.75) is 4.90 Å². The molecule has 0 unspecified atom stereocenters. The molecular formula is C10H13BrN2S2. The maximum absolute atomic E-state index is 4.96. The molecule has 0 aliphatic rings. The number of halogens is 1. The van der Waals surface area contributed by atoms with Crippen molar-refractivity contribution in [3.8, 4) is 0 Å². The van der Waals surface area contributed by atoms with Gasteiger partial charge in [0.25, 0.3) is 0 Å². The molecule has 0 spiro atoms. The van der Waals surface area contributed by atoms with Gasteiger partial charge in [-0.05, 0) is 36.5 Å². The number of benzene rings is 1. The van der Waals surface area contributed by atoms with E-state index in [1.54, 1.807) is 0 Å². The van der Waals surface area contributed by atoms with Gasteiger partial charge in [-0.15, -0.1) is 11.8 Å². The maximum atomic E-state index is 4.96. The molecule has 5 heteroatoms. The van der Waals surface area contributed by atoms with Gasteiger partial charge >= 0.3 is 0 Å². The second-order valence-corrected chi connectivity index (χ2v) is 5.30. The van der Waals surface area contributed by atoms with Crippen LogP contribution in [0, 0.1) is 0 Å². The van der Waals surface area contributed by atoms with Gasteiger partial charge in [0.1, 0.15) is 0 Å². The first-order valence-corrected chi connectivity index (χ1v) is 6.75. The van der Waals surface area contributed by atoms with E-state index in [4.69, 9.17) is 12.2 Å². The minimum Gasteiger partial charge on any atom is -0.366 e. The Morgan fingerprint density at radius 1 is 1.40 bits per heavy atom. The summed E-state index contributed by atoms with van der Waals surface area (Å²) < 4.78 is 1.11. The van der Waals surface area contributed by atoms with Gasteiger partial charge < -0.3 is 10.6 Å². The average Bonchev–Trinajstić information content (AvgIpc) is 2.26. The average molecular weight is 305 g/mol. The van der Waals surface area contributed by atoms with Gasteiger partial charge in [0.15, 0.2) is 5.11 Å². The van der Waals surface area contributed by atoms with Crippen LogP contribution in [0.5, 0.6) is 0 Å². The van der Waals surface area contributed by atoms with E-state index in [-0.39, 0.29) is 0 Å². The third-order valence-corrected chi connectivity index (χ3v) is 3.59. The number of nitrogens with one attached hydrogen (secondary N) is 2. The Morgan fingerprint density at radius 2 is 2.07 bits per heavy atom. The lowest BCUT2D eigenvalue weighted by Gasteiger charge is -2.06. The summed E-state index contributed by atoms with van der Waals surface area (Å²) in [6.45, 7) is 0.875. The van der Waals surface area contributed by atoms with Crippen LogP contribution in [-0.2, 0) is 0 Å². The molecule has 1 rings (SSSR count). The zero-order chi connectivity index (χ0) is 11.1. The van der Waals surface area contributed by atoms with Crippen LogP contribution in [0.3, 0.4) is 0 Å². The SMILES string of the molecule is CNC(=S)NCCSc1ccc(Br)cc1. The Kier molecular flexibility index (Phi) is 6.05. The van der Waals surface area contributed by atoms with Crippen LogP contribution >= 0.6 is 39.9 Å². The monoisotopic (exact) mass is 304 g/mol. The van der Waals surface area contributed by atoms with E-state index in [1.165, 1.54) is 4.90 Å². The zero-order valence-electron chi connectivity index (χ0n) is 8.42. The molecule has 1 aromatic carbocycles.